The summed E-state index contributed by atoms with van der Waals surface area (Å²) < 4.78 is 0. The van der Waals surface area contributed by atoms with Crippen molar-refractivity contribution in [2.24, 2.45) is 0 Å². The molecule has 5 heteroatoms. The minimum absolute atomic E-state index is 0.0255. The predicted octanol–water partition coefficient (Wildman–Crippen LogP) is 4.75. The molecule has 0 spiro atoms. The molecule has 1 saturated carbocycles. The molecular weight excluding hydrogens is 384 g/mol. The fourth-order valence-electron chi connectivity index (χ4n) is 3.91. The fourth-order valence-corrected chi connectivity index (χ4v) is 4.04. The highest BCUT2D eigenvalue weighted by Gasteiger charge is 2.31. The minimum Gasteiger partial charge on any atom is -0.352 e. The molecule has 0 aromatic heterocycles. The molecule has 1 aliphatic carbocycles. The Morgan fingerprint density at radius 3 is 2.31 bits per heavy atom. The van der Waals surface area contributed by atoms with Crippen LogP contribution in [0, 0.1) is 0 Å². The lowest BCUT2D eigenvalue weighted by atomic mass is 10.0. The van der Waals surface area contributed by atoms with Crippen molar-refractivity contribution in [3.8, 4) is 0 Å². The smallest absolute Gasteiger partial charge is 0.243 e. The van der Waals surface area contributed by atoms with Gasteiger partial charge in [-0.1, -0.05) is 73.8 Å². The Bertz CT molecular complexity index is 801. The molecule has 1 fully saturated rings. The molecule has 2 aromatic rings. The first kappa shape index (κ1) is 21.4. The summed E-state index contributed by atoms with van der Waals surface area (Å²) in [6.07, 6.45) is 5.19. The summed E-state index contributed by atoms with van der Waals surface area (Å²) in [4.78, 5) is 27.9. The topological polar surface area (TPSA) is 49.4 Å². The number of carbonyl (C=O) groups excluding carboxylic acids is 2. The molecule has 0 radical (unpaired) electrons. The van der Waals surface area contributed by atoms with Gasteiger partial charge in [-0.2, -0.15) is 0 Å². The number of amides is 2. The van der Waals surface area contributed by atoms with E-state index in [2.05, 4.69) is 5.32 Å². The van der Waals surface area contributed by atoms with Crippen LogP contribution >= 0.6 is 11.6 Å². The van der Waals surface area contributed by atoms with Gasteiger partial charge in [0.15, 0.2) is 0 Å². The molecule has 1 atom stereocenters. The van der Waals surface area contributed by atoms with Crippen molar-refractivity contribution in [3.63, 3.8) is 0 Å². The summed E-state index contributed by atoms with van der Waals surface area (Å²) in [5.41, 5.74) is 2.01. The first-order valence-corrected chi connectivity index (χ1v) is 10.8. The second-order valence-electron chi connectivity index (χ2n) is 7.70. The van der Waals surface area contributed by atoms with Crippen LogP contribution in [0.25, 0.3) is 0 Å². The molecule has 29 heavy (non-hydrogen) atoms. The minimum atomic E-state index is -0.541. The van der Waals surface area contributed by atoms with E-state index in [-0.39, 0.29) is 17.9 Å². The van der Waals surface area contributed by atoms with Gasteiger partial charge >= 0.3 is 0 Å². The highest BCUT2D eigenvalue weighted by molar-refractivity contribution is 6.30. The standard InChI is InChI=1S/C24H29ClN2O2/c1-2-23(28)27(17-19-12-14-20(25)15-13-19)22(16-18-8-4-3-5-9-18)24(29)26-21-10-6-7-11-21/h3-5,8-9,12-15,21-22H,2,6-7,10-11,16-17H2,1H3,(H,26,29). The molecule has 1 unspecified atom stereocenters. The average molecular weight is 413 g/mol. The Morgan fingerprint density at radius 2 is 1.69 bits per heavy atom. The number of hydrogen-bond acceptors (Lipinski definition) is 2. The molecule has 1 N–H and O–H groups in total. The number of halogens is 1. The fraction of sp³-hybridized carbons (Fsp3) is 0.417. The van der Waals surface area contributed by atoms with Crippen LogP contribution in [0.2, 0.25) is 5.02 Å². The van der Waals surface area contributed by atoms with E-state index in [0.29, 0.717) is 24.4 Å². The molecule has 0 aliphatic heterocycles. The van der Waals surface area contributed by atoms with E-state index in [1.54, 1.807) is 4.90 Å². The quantitative estimate of drug-likeness (QED) is 0.680. The van der Waals surface area contributed by atoms with Gasteiger partial charge in [-0.15, -0.1) is 0 Å². The maximum absolute atomic E-state index is 13.3. The van der Waals surface area contributed by atoms with E-state index in [1.807, 2.05) is 61.5 Å². The molecule has 4 nitrogen and oxygen atoms in total. The van der Waals surface area contributed by atoms with Crippen molar-refractivity contribution in [2.45, 2.75) is 64.1 Å². The van der Waals surface area contributed by atoms with Crippen molar-refractivity contribution in [3.05, 3.63) is 70.7 Å². The number of rotatable bonds is 8. The maximum Gasteiger partial charge on any atom is 0.243 e. The largest absolute Gasteiger partial charge is 0.352 e. The van der Waals surface area contributed by atoms with Gasteiger partial charge in [0, 0.05) is 30.5 Å². The van der Waals surface area contributed by atoms with Crippen molar-refractivity contribution < 1.29 is 9.59 Å². The lowest BCUT2D eigenvalue weighted by Crippen LogP contribution is -2.52. The van der Waals surface area contributed by atoms with Crippen LogP contribution in [0.1, 0.15) is 50.2 Å². The summed E-state index contributed by atoms with van der Waals surface area (Å²) in [5.74, 6) is -0.0843. The molecule has 2 amide bonds. The number of nitrogens with zero attached hydrogens (tertiary/aromatic N) is 1. The van der Waals surface area contributed by atoms with E-state index in [4.69, 9.17) is 11.6 Å². The van der Waals surface area contributed by atoms with Crippen LogP contribution in [-0.2, 0) is 22.6 Å². The molecule has 1 aliphatic rings. The van der Waals surface area contributed by atoms with Gasteiger partial charge < -0.3 is 10.2 Å². The summed E-state index contributed by atoms with van der Waals surface area (Å²) in [5, 5.41) is 3.85. The maximum atomic E-state index is 13.3. The van der Waals surface area contributed by atoms with Crippen molar-refractivity contribution in [1.29, 1.82) is 0 Å². The Kier molecular flexibility index (Phi) is 7.70. The van der Waals surface area contributed by atoms with Crippen LogP contribution in [0.4, 0.5) is 0 Å². The van der Waals surface area contributed by atoms with Crippen LogP contribution in [-0.4, -0.2) is 28.8 Å². The third-order valence-electron chi connectivity index (χ3n) is 5.54. The van der Waals surface area contributed by atoms with E-state index >= 15 is 0 Å². The van der Waals surface area contributed by atoms with Crippen LogP contribution in [0.5, 0.6) is 0 Å². The monoisotopic (exact) mass is 412 g/mol. The summed E-state index contributed by atoms with van der Waals surface area (Å²) in [6, 6.07) is 17.0. The van der Waals surface area contributed by atoms with E-state index < -0.39 is 6.04 Å². The second-order valence-corrected chi connectivity index (χ2v) is 8.13. The Labute approximate surface area is 178 Å². The van der Waals surface area contributed by atoms with E-state index in [1.165, 1.54) is 0 Å². The zero-order chi connectivity index (χ0) is 20.6. The molecule has 0 heterocycles. The third-order valence-corrected chi connectivity index (χ3v) is 5.79. The highest BCUT2D eigenvalue weighted by atomic mass is 35.5. The molecule has 3 rings (SSSR count). The zero-order valence-corrected chi connectivity index (χ0v) is 17.7. The van der Waals surface area contributed by atoms with E-state index in [0.717, 1.165) is 36.8 Å². The number of hydrogen-bond donors (Lipinski definition) is 1. The summed E-state index contributed by atoms with van der Waals surface area (Å²) >= 11 is 6.01. The van der Waals surface area contributed by atoms with Crippen molar-refractivity contribution >= 4 is 23.4 Å². The van der Waals surface area contributed by atoms with Gasteiger partial charge in [0.2, 0.25) is 11.8 Å². The molecule has 0 saturated heterocycles. The molecule has 154 valence electrons. The van der Waals surface area contributed by atoms with E-state index in [9.17, 15) is 9.59 Å². The zero-order valence-electron chi connectivity index (χ0n) is 16.9. The Morgan fingerprint density at radius 1 is 1.03 bits per heavy atom. The van der Waals surface area contributed by atoms with Crippen molar-refractivity contribution in [2.75, 3.05) is 0 Å². The first-order chi connectivity index (χ1) is 14.1. The SMILES string of the molecule is CCC(=O)N(Cc1ccc(Cl)cc1)C(Cc1ccccc1)C(=O)NC1CCCC1. The summed E-state index contributed by atoms with van der Waals surface area (Å²) in [7, 11) is 0. The lowest BCUT2D eigenvalue weighted by Gasteiger charge is -2.32. The average Bonchev–Trinajstić information content (AvgIpc) is 3.25. The molecule has 0 bridgehead atoms. The van der Waals surface area contributed by atoms with Gasteiger partial charge in [-0.3, -0.25) is 9.59 Å². The first-order valence-electron chi connectivity index (χ1n) is 10.4. The molecular formula is C24H29ClN2O2. The second kappa shape index (κ2) is 10.4. The lowest BCUT2D eigenvalue weighted by molar-refractivity contribution is -0.141. The Balaban J connectivity index is 1.86. The van der Waals surface area contributed by atoms with Gasteiger partial charge in [-0.05, 0) is 36.1 Å². The van der Waals surface area contributed by atoms with Gasteiger partial charge in [0.05, 0.1) is 0 Å². The summed E-state index contributed by atoms with van der Waals surface area (Å²) in [6.45, 7) is 2.23. The molecule has 2 aromatic carbocycles. The van der Waals surface area contributed by atoms with Gasteiger partial charge in [0.25, 0.3) is 0 Å². The van der Waals surface area contributed by atoms with Gasteiger partial charge in [-0.25, -0.2) is 0 Å². The van der Waals surface area contributed by atoms with Crippen LogP contribution in [0.3, 0.4) is 0 Å². The van der Waals surface area contributed by atoms with Gasteiger partial charge in [0.1, 0.15) is 6.04 Å². The third kappa shape index (κ3) is 6.07. The predicted molar refractivity (Wildman–Crippen MR) is 117 cm³/mol. The Hall–Kier alpha value is -2.33. The van der Waals surface area contributed by atoms with Crippen molar-refractivity contribution in [1.82, 2.24) is 10.2 Å². The normalized spacial score (nSPS) is 15.1. The highest BCUT2D eigenvalue weighted by Crippen LogP contribution is 2.20. The van der Waals surface area contributed by atoms with Crippen LogP contribution in [0.15, 0.2) is 54.6 Å². The van der Waals surface area contributed by atoms with Crippen LogP contribution < -0.4 is 5.32 Å². The number of nitrogens with one attached hydrogen (secondary N) is 1. The number of benzene rings is 2. The number of carbonyl (C=O) groups is 2.